The number of nitrogens with one attached hydrogen (secondary N) is 1. The topological polar surface area (TPSA) is 119 Å². The van der Waals surface area contributed by atoms with E-state index in [1.54, 1.807) is 4.90 Å². The number of ether oxygens (including phenoxy) is 2. The summed E-state index contributed by atoms with van der Waals surface area (Å²) in [6.07, 6.45) is 0.116. The van der Waals surface area contributed by atoms with E-state index < -0.39 is 29.9 Å². The van der Waals surface area contributed by atoms with Crippen LogP contribution in [0.1, 0.15) is 52.3 Å². The number of anilines is 1. The number of hydrogen-bond donors (Lipinski definition) is 3. The molecule has 9 nitrogen and oxygen atoms in total. The van der Waals surface area contributed by atoms with Gasteiger partial charge in [-0.15, -0.1) is 0 Å². The van der Waals surface area contributed by atoms with Crippen LogP contribution in [-0.4, -0.2) is 63.2 Å². The second-order valence-electron chi connectivity index (χ2n) is 10.6. The minimum Gasteiger partial charge on any atom is -0.447 e. The van der Waals surface area contributed by atoms with Crippen molar-refractivity contribution in [2.75, 3.05) is 12.3 Å². The summed E-state index contributed by atoms with van der Waals surface area (Å²) in [6.45, 7) is 10.0. The van der Waals surface area contributed by atoms with Crippen molar-refractivity contribution in [2.24, 2.45) is 0 Å². The van der Waals surface area contributed by atoms with Gasteiger partial charge in [-0.05, 0) is 71.2 Å². The van der Waals surface area contributed by atoms with Crippen molar-refractivity contribution < 1.29 is 24.2 Å². The number of nitrogen functional groups attached to an aromatic ring is 1. The number of rotatable bonds is 4. The maximum atomic E-state index is 12.9. The third kappa shape index (κ3) is 4.94. The number of nitrogens with two attached hydrogens (primary N) is 1. The minimum atomic E-state index is -0.647. The van der Waals surface area contributed by atoms with Gasteiger partial charge < -0.3 is 35.1 Å². The fourth-order valence-corrected chi connectivity index (χ4v) is 5.02. The van der Waals surface area contributed by atoms with Crippen LogP contribution < -0.4 is 11.1 Å². The van der Waals surface area contributed by atoms with E-state index in [9.17, 15) is 14.7 Å². The third-order valence-corrected chi connectivity index (χ3v) is 6.37. The number of aliphatic hydroxyl groups is 1. The fourth-order valence-electron chi connectivity index (χ4n) is 5.02. The molecule has 3 atom stereocenters. The second kappa shape index (κ2) is 9.02. The Kier molecular flexibility index (Phi) is 6.42. The van der Waals surface area contributed by atoms with Gasteiger partial charge >= 0.3 is 12.2 Å². The van der Waals surface area contributed by atoms with E-state index in [1.165, 1.54) is 0 Å². The number of aliphatic hydroxyl groups excluding tert-OH is 1. The first kappa shape index (κ1) is 24.2. The van der Waals surface area contributed by atoms with E-state index in [1.807, 2.05) is 52.8 Å². The maximum Gasteiger partial charge on any atom is 0.410 e. The van der Waals surface area contributed by atoms with Gasteiger partial charge in [-0.2, -0.15) is 0 Å². The fraction of sp³-hybridized carbons (Fsp3) is 0.600. The number of carbonyl (C=O) groups excluding carboxylic acids is 2. The Morgan fingerprint density at radius 2 is 2.00 bits per heavy atom. The number of amides is 2. The molecule has 0 spiro atoms. The van der Waals surface area contributed by atoms with Gasteiger partial charge in [-0.1, -0.05) is 0 Å². The van der Waals surface area contributed by atoms with Gasteiger partial charge in [-0.3, -0.25) is 0 Å². The molecule has 2 amide bonds. The molecule has 4 N–H and O–H groups in total. The van der Waals surface area contributed by atoms with E-state index in [0.717, 1.165) is 22.2 Å². The Morgan fingerprint density at radius 3 is 2.68 bits per heavy atom. The Labute approximate surface area is 200 Å². The van der Waals surface area contributed by atoms with Crippen LogP contribution in [0.3, 0.4) is 0 Å². The van der Waals surface area contributed by atoms with E-state index in [4.69, 9.17) is 15.2 Å². The summed E-state index contributed by atoms with van der Waals surface area (Å²) in [5.74, 6) is 0. The summed E-state index contributed by atoms with van der Waals surface area (Å²) >= 11 is 0. The monoisotopic (exact) mass is 472 g/mol. The molecule has 1 aliphatic heterocycles. The SMILES string of the molecule is CC(C)OC(=O)N[C@H]1Cc2c(n(C[C@@H]3[C@@H](O)CCN3C(=O)OC(C)(C)C)c3ccc(N)cc23)C1. The molecule has 1 saturated heterocycles. The van der Waals surface area contributed by atoms with Crippen molar-refractivity contribution in [1.82, 2.24) is 14.8 Å². The third-order valence-electron chi connectivity index (χ3n) is 6.37. The van der Waals surface area contributed by atoms with Crippen LogP contribution in [0.15, 0.2) is 18.2 Å². The van der Waals surface area contributed by atoms with Crippen LogP contribution in [0, 0.1) is 0 Å². The number of benzene rings is 1. The largest absolute Gasteiger partial charge is 0.447 e. The van der Waals surface area contributed by atoms with Gasteiger partial charge in [0, 0.05) is 47.8 Å². The quantitative estimate of drug-likeness (QED) is 0.588. The van der Waals surface area contributed by atoms with Crippen molar-refractivity contribution in [1.29, 1.82) is 0 Å². The molecule has 2 aromatic rings. The lowest BCUT2D eigenvalue weighted by Gasteiger charge is -2.30. The number of fused-ring (bicyclic) bond motifs is 3. The summed E-state index contributed by atoms with van der Waals surface area (Å²) in [4.78, 5) is 26.7. The van der Waals surface area contributed by atoms with E-state index in [0.29, 0.717) is 38.0 Å². The summed E-state index contributed by atoms with van der Waals surface area (Å²) in [5.41, 5.74) is 9.37. The average molecular weight is 473 g/mol. The first-order valence-corrected chi connectivity index (χ1v) is 12.0. The molecule has 1 fully saturated rings. The standard InChI is InChI=1S/C25H36N4O5/c1-14(2)33-23(31)27-16-11-18-17-10-15(26)6-7-19(17)29(20(18)12-16)13-21-22(30)8-9-28(21)24(32)34-25(3,4)5/h6-7,10,14,16,21-22,30H,8-9,11-13,26H2,1-5H3,(H,27,31)/t16-,21+,22-/m0/s1. The molecule has 34 heavy (non-hydrogen) atoms. The average Bonchev–Trinajstić information content (AvgIpc) is 3.34. The molecule has 9 heteroatoms. The highest BCUT2D eigenvalue weighted by Gasteiger charge is 2.40. The molecular formula is C25H36N4O5. The lowest BCUT2D eigenvalue weighted by Crippen LogP contribution is -2.45. The molecule has 1 aromatic carbocycles. The van der Waals surface area contributed by atoms with Crippen molar-refractivity contribution in [3.8, 4) is 0 Å². The lowest BCUT2D eigenvalue weighted by atomic mass is 10.1. The molecule has 4 rings (SSSR count). The maximum absolute atomic E-state index is 12.9. The van der Waals surface area contributed by atoms with Crippen LogP contribution in [-0.2, 0) is 28.9 Å². The zero-order valence-electron chi connectivity index (χ0n) is 20.6. The lowest BCUT2D eigenvalue weighted by molar-refractivity contribution is 0.0134. The Morgan fingerprint density at radius 1 is 1.26 bits per heavy atom. The second-order valence-corrected chi connectivity index (χ2v) is 10.6. The normalized spacial score (nSPS) is 22.3. The minimum absolute atomic E-state index is 0.0937. The van der Waals surface area contributed by atoms with Crippen LogP contribution >= 0.6 is 0 Å². The predicted molar refractivity (Wildman–Crippen MR) is 130 cm³/mol. The molecule has 0 radical (unpaired) electrons. The van der Waals surface area contributed by atoms with Crippen LogP contribution in [0.5, 0.6) is 0 Å². The molecule has 0 bridgehead atoms. The smallest absolute Gasteiger partial charge is 0.410 e. The number of likely N-dealkylation sites (tertiary alicyclic amines) is 1. The zero-order chi connectivity index (χ0) is 24.8. The first-order valence-electron chi connectivity index (χ1n) is 12.0. The first-order chi connectivity index (χ1) is 15.9. The predicted octanol–water partition coefficient (Wildman–Crippen LogP) is 3.20. The Bertz CT molecular complexity index is 1090. The van der Waals surface area contributed by atoms with Gasteiger partial charge in [0.1, 0.15) is 5.60 Å². The van der Waals surface area contributed by atoms with Crippen LogP contribution in [0.4, 0.5) is 15.3 Å². The number of nitrogens with zero attached hydrogens (tertiary/aromatic N) is 2. The molecule has 0 unspecified atom stereocenters. The van der Waals surface area contributed by atoms with Gasteiger partial charge in [0.2, 0.25) is 0 Å². The highest BCUT2D eigenvalue weighted by atomic mass is 16.6. The van der Waals surface area contributed by atoms with E-state index in [-0.39, 0.29) is 12.1 Å². The number of alkyl carbamates (subject to hydrolysis) is 1. The molecule has 0 saturated carbocycles. The Balaban J connectivity index is 1.63. The molecule has 186 valence electrons. The van der Waals surface area contributed by atoms with Crippen molar-refractivity contribution in [2.45, 2.75) is 90.3 Å². The van der Waals surface area contributed by atoms with Gasteiger partial charge in [0.15, 0.2) is 0 Å². The van der Waals surface area contributed by atoms with Gasteiger partial charge in [0.05, 0.1) is 18.2 Å². The number of hydrogen-bond acceptors (Lipinski definition) is 6. The zero-order valence-corrected chi connectivity index (χ0v) is 20.6. The summed E-state index contributed by atoms with van der Waals surface area (Å²) in [7, 11) is 0. The molecule has 1 aliphatic carbocycles. The van der Waals surface area contributed by atoms with Gasteiger partial charge in [0.25, 0.3) is 0 Å². The highest BCUT2D eigenvalue weighted by Crippen LogP contribution is 2.36. The van der Waals surface area contributed by atoms with E-state index >= 15 is 0 Å². The molecule has 2 heterocycles. The van der Waals surface area contributed by atoms with Crippen molar-refractivity contribution in [3.05, 3.63) is 29.5 Å². The summed E-state index contributed by atoms with van der Waals surface area (Å²) in [5, 5.41) is 14.8. The molecule has 2 aliphatic rings. The van der Waals surface area contributed by atoms with Crippen molar-refractivity contribution >= 4 is 28.8 Å². The number of aromatic nitrogens is 1. The van der Waals surface area contributed by atoms with Crippen molar-refractivity contribution in [3.63, 3.8) is 0 Å². The van der Waals surface area contributed by atoms with Crippen LogP contribution in [0.25, 0.3) is 10.9 Å². The highest BCUT2D eigenvalue weighted by molar-refractivity contribution is 5.89. The number of carbonyl (C=O) groups is 2. The summed E-state index contributed by atoms with van der Waals surface area (Å²) in [6, 6.07) is 5.29. The summed E-state index contributed by atoms with van der Waals surface area (Å²) < 4.78 is 13.0. The molecule has 1 aromatic heterocycles. The van der Waals surface area contributed by atoms with E-state index in [2.05, 4.69) is 9.88 Å². The molecular weight excluding hydrogens is 436 g/mol. The van der Waals surface area contributed by atoms with Gasteiger partial charge in [-0.25, -0.2) is 9.59 Å². The van der Waals surface area contributed by atoms with Crippen LogP contribution in [0.2, 0.25) is 0 Å². The Hall–Kier alpha value is -2.94.